The standard InChI is InChI=1S/C18H19ClFN3O2/c19-14-11-13(5-6-15(14)20)21-18(25)12-22-7-9-23(10-8-22)16-3-1-2-4-17(16)24/h1-6,11,24H,7-10,12H2,(H,21,25). The molecule has 1 saturated heterocycles. The number of para-hydroxylation sites is 2. The first kappa shape index (κ1) is 17.5. The van der Waals surface area contributed by atoms with Crippen LogP contribution in [0.15, 0.2) is 42.5 Å². The van der Waals surface area contributed by atoms with Crippen molar-refractivity contribution in [3.63, 3.8) is 0 Å². The van der Waals surface area contributed by atoms with Crippen molar-refractivity contribution in [2.75, 3.05) is 42.9 Å². The largest absolute Gasteiger partial charge is 0.506 e. The molecule has 25 heavy (non-hydrogen) atoms. The zero-order valence-electron chi connectivity index (χ0n) is 13.6. The number of phenolic OH excluding ortho intramolecular Hbond substituents is 1. The number of halogens is 2. The molecule has 0 radical (unpaired) electrons. The third kappa shape index (κ3) is 4.41. The van der Waals surface area contributed by atoms with Crippen molar-refractivity contribution in [1.82, 2.24) is 4.90 Å². The molecule has 1 amide bonds. The van der Waals surface area contributed by atoms with E-state index in [-0.39, 0.29) is 23.2 Å². The summed E-state index contributed by atoms with van der Waals surface area (Å²) in [6.45, 7) is 3.14. The Kier molecular flexibility index (Phi) is 5.40. The maximum atomic E-state index is 13.1. The summed E-state index contributed by atoms with van der Waals surface area (Å²) in [5.41, 5.74) is 1.29. The van der Waals surface area contributed by atoms with Crippen LogP contribution in [0.4, 0.5) is 15.8 Å². The van der Waals surface area contributed by atoms with Gasteiger partial charge in [-0.15, -0.1) is 0 Å². The molecular weight excluding hydrogens is 345 g/mol. The van der Waals surface area contributed by atoms with Crippen LogP contribution in [0.2, 0.25) is 5.02 Å². The Bertz CT molecular complexity index is 764. The second-order valence-corrected chi connectivity index (χ2v) is 6.34. The van der Waals surface area contributed by atoms with Crippen molar-refractivity contribution >= 4 is 28.9 Å². The van der Waals surface area contributed by atoms with Gasteiger partial charge < -0.3 is 15.3 Å². The molecule has 7 heteroatoms. The number of piperazine rings is 1. The summed E-state index contributed by atoms with van der Waals surface area (Å²) < 4.78 is 13.1. The van der Waals surface area contributed by atoms with Crippen LogP contribution in [0.3, 0.4) is 0 Å². The highest BCUT2D eigenvalue weighted by Crippen LogP contribution is 2.27. The molecule has 1 aliphatic rings. The van der Waals surface area contributed by atoms with Gasteiger partial charge in [-0.2, -0.15) is 0 Å². The summed E-state index contributed by atoms with van der Waals surface area (Å²) >= 11 is 5.71. The Balaban J connectivity index is 1.51. The maximum absolute atomic E-state index is 13.1. The molecule has 0 unspecified atom stereocenters. The smallest absolute Gasteiger partial charge is 0.238 e. The normalized spacial score (nSPS) is 15.2. The Morgan fingerprint density at radius 1 is 1.16 bits per heavy atom. The number of benzene rings is 2. The van der Waals surface area contributed by atoms with Gasteiger partial charge in [0.25, 0.3) is 0 Å². The van der Waals surface area contributed by atoms with Crippen molar-refractivity contribution in [2.24, 2.45) is 0 Å². The molecule has 0 saturated carbocycles. The number of anilines is 2. The number of phenols is 1. The second-order valence-electron chi connectivity index (χ2n) is 5.93. The molecule has 3 rings (SSSR count). The number of hydrogen-bond donors (Lipinski definition) is 2. The van der Waals surface area contributed by atoms with Crippen LogP contribution < -0.4 is 10.2 Å². The molecule has 5 nitrogen and oxygen atoms in total. The summed E-state index contributed by atoms with van der Waals surface area (Å²) in [5.74, 6) is -0.416. The molecule has 2 N–H and O–H groups in total. The highest BCUT2D eigenvalue weighted by Gasteiger charge is 2.20. The molecule has 1 heterocycles. The first-order chi connectivity index (χ1) is 12.0. The van der Waals surface area contributed by atoms with E-state index in [1.54, 1.807) is 12.1 Å². The fraction of sp³-hybridized carbons (Fsp3) is 0.278. The van der Waals surface area contributed by atoms with Gasteiger partial charge in [0.1, 0.15) is 11.6 Å². The van der Waals surface area contributed by atoms with Crippen LogP contribution in [-0.4, -0.2) is 48.6 Å². The van der Waals surface area contributed by atoms with Crippen LogP contribution in [0.5, 0.6) is 5.75 Å². The molecule has 0 atom stereocenters. The topological polar surface area (TPSA) is 55.8 Å². The van der Waals surface area contributed by atoms with Gasteiger partial charge in [0.2, 0.25) is 5.91 Å². The van der Waals surface area contributed by atoms with Gasteiger partial charge in [0.15, 0.2) is 0 Å². The van der Waals surface area contributed by atoms with Gasteiger partial charge >= 0.3 is 0 Å². The van der Waals surface area contributed by atoms with E-state index in [0.717, 1.165) is 18.8 Å². The maximum Gasteiger partial charge on any atom is 0.238 e. The Morgan fingerprint density at radius 3 is 2.56 bits per heavy atom. The predicted molar refractivity (Wildman–Crippen MR) is 96.8 cm³/mol. The quantitative estimate of drug-likeness (QED) is 0.877. The Morgan fingerprint density at radius 2 is 1.88 bits per heavy atom. The molecule has 0 aliphatic carbocycles. The van der Waals surface area contributed by atoms with Gasteiger partial charge in [-0.25, -0.2) is 4.39 Å². The monoisotopic (exact) mass is 363 g/mol. The number of carbonyl (C=O) groups is 1. The molecule has 132 valence electrons. The molecule has 0 aromatic heterocycles. The minimum absolute atomic E-state index is 0.0194. The number of nitrogens with one attached hydrogen (secondary N) is 1. The third-order valence-corrected chi connectivity index (χ3v) is 4.45. The summed E-state index contributed by atoms with van der Waals surface area (Å²) in [5, 5.41) is 12.6. The summed E-state index contributed by atoms with van der Waals surface area (Å²) in [6.07, 6.45) is 0. The Hall–Kier alpha value is -2.31. The van der Waals surface area contributed by atoms with Crippen molar-refractivity contribution in [3.05, 3.63) is 53.3 Å². The zero-order valence-corrected chi connectivity index (χ0v) is 14.3. The molecule has 2 aromatic carbocycles. The van der Waals surface area contributed by atoms with Crippen LogP contribution in [-0.2, 0) is 4.79 Å². The van der Waals surface area contributed by atoms with Crippen molar-refractivity contribution in [3.8, 4) is 5.75 Å². The number of rotatable bonds is 4. The lowest BCUT2D eigenvalue weighted by Crippen LogP contribution is -2.48. The fourth-order valence-corrected chi connectivity index (χ4v) is 3.04. The molecular formula is C18H19ClFN3O2. The van der Waals surface area contributed by atoms with Gasteiger partial charge in [-0.1, -0.05) is 23.7 Å². The van der Waals surface area contributed by atoms with Crippen LogP contribution in [0.1, 0.15) is 0 Å². The lowest BCUT2D eigenvalue weighted by atomic mass is 10.2. The van der Waals surface area contributed by atoms with E-state index in [2.05, 4.69) is 10.2 Å². The average Bonchev–Trinajstić information content (AvgIpc) is 2.59. The van der Waals surface area contributed by atoms with Crippen LogP contribution in [0, 0.1) is 5.82 Å². The first-order valence-corrected chi connectivity index (χ1v) is 8.41. The molecule has 0 spiro atoms. The number of nitrogens with zero attached hydrogens (tertiary/aromatic N) is 2. The summed E-state index contributed by atoms with van der Waals surface area (Å²) in [4.78, 5) is 16.3. The first-order valence-electron chi connectivity index (χ1n) is 8.03. The van der Waals surface area contributed by atoms with E-state index in [4.69, 9.17) is 11.6 Å². The lowest BCUT2D eigenvalue weighted by Gasteiger charge is -2.35. The van der Waals surface area contributed by atoms with E-state index >= 15 is 0 Å². The predicted octanol–water partition coefficient (Wildman–Crippen LogP) is 2.95. The van der Waals surface area contributed by atoms with Gasteiger partial charge in [-0.3, -0.25) is 9.69 Å². The van der Waals surface area contributed by atoms with E-state index in [1.165, 1.54) is 18.2 Å². The lowest BCUT2D eigenvalue weighted by molar-refractivity contribution is -0.117. The average molecular weight is 364 g/mol. The highest BCUT2D eigenvalue weighted by atomic mass is 35.5. The van der Waals surface area contributed by atoms with Crippen LogP contribution in [0.25, 0.3) is 0 Å². The Labute approximate surface area is 150 Å². The second kappa shape index (κ2) is 7.72. The highest BCUT2D eigenvalue weighted by molar-refractivity contribution is 6.31. The number of amides is 1. The SMILES string of the molecule is O=C(CN1CCN(c2ccccc2O)CC1)Nc1ccc(F)c(Cl)c1. The number of aromatic hydroxyl groups is 1. The summed E-state index contributed by atoms with van der Waals surface area (Å²) in [7, 11) is 0. The van der Waals surface area contributed by atoms with Gasteiger partial charge in [0.05, 0.1) is 17.3 Å². The number of carbonyl (C=O) groups excluding carboxylic acids is 1. The van der Waals surface area contributed by atoms with E-state index in [9.17, 15) is 14.3 Å². The van der Waals surface area contributed by atoms with E-state index in [0.29, 0.717) is 18.8 Å². The van der Waals surface area contributed by atoms with E-state index in [1.807, 2.05) is 17.0 Å². The van der Waals surface area contributed by atoms with Crippen molar-refractivity contribution < 1.29 is 14.3 Å². The fourth-order valence-electron chi connectivity index (χ4n) is 2.86. The summed E-state index contributed by atoms with van der Waals surface area (Å²) in [6, 6.07) is 11.3. The van der Waals surface area contributed by atoms with Gasteiger partial charge in [0, 0.05) is 31.9 Å². The third-order valence-electron chi connectivity index (χ3n) is 4.17. The van der Waals surface area contributed by atoms with Crippen molar-refractivity contribution in [1.29, 1.82) is 0 Å². The minimum Gasteiger partial charge on any atom is -0.506 e. The molecule has 0 bridgehead atoms. The molecule has 2 aromatic rings. The number of hydrogen-bond acceptors (Lipinski definition) is 4. The van der Waals surface area contributed by atoms with Crippen molar-refractivity contribution in [2.45, 2.75) is 0 Å². The zero-order chi connectivity index (χ0) is 17.8. The minimum atomic E-state index is -0.514. The molecule has 1 aliphatic heterocycles. The molecule has 1 fully saturated rings. The van der Waals surface area contributed by atoms with E-state index < -0.39 is 5.82 Å². The van der Waals surface area contributed by atoms with Crippen LogP contribution >= 0.6 is 11.6 Å². The van der Waals surface area contributed by atoms with Gasteiger partial charge in [-0.05, 0) is 30.3 Å².